The molecule has 0 radical (unpaired) electrons. The molecule has 0 amide bonds. The van der Waals surface area contributed by atoms with E-state index in [1.807, 2.05) is 30.1 Å². The number of carbonyl (C=O) groups is 2. The minimum atomic E-state index is -1.000. The van der Waals surface area contributed by atoms with Gasteiger partial charge < -0.3 is 9.84 Å². The third-order valence-electron chi connectivity index (χ3n) is 5.73. The summed E-state index contributed by atoms with van der Waals surface area (Å²) in [5.74, 6) is -1.72. The summed E-state index contributed by atoms with van der Waals surface area (Å²) in [7, 11) is 0. The molecule has 0 bridgehead atoms. The average Bonchev–Trinajstić information content (AvgIpc) is 3.16. The molecule has 8 nitrogen and oxygen atoms in total. The second kappa shape index (κ2) is 5.55. The van der Waals surface area contributed by atoms with Crippen LogP contribution in [0, 0.1) is 11.8 Å². The van der Waals surface area contributed by atoms with Crippen LogP contribution in [0.1, 0.15) is 20.8 Å². The number of cyclic esters (lactones) is 1. The van der Waals surface area contributed by atoms with E-state index in [2.05, 4.69) is 9.98 Å². The van der Waals surface area contributed by atoms with Crippen LogP contribution in [0.4, 0.5) is 0 Å². The van der Waals surface area contributed by atoms with Gasteiger partial charge in [-0.15, -0.1) is 11.8 Å². The first-order chi connectivity index (χ1) is 11.8. The molecule has 0 saturated carbocycles. The average molecular weight is 365 g/mol. The van der Waals surface area contributed by atoms with Gasteiger partial charge >= 0.3 is 18.3 Å². The van der Waals surface area contributed by atoms with E-state index >= 15 is 0 Å². The number of carboxylic acids is 1. The molecule has 1 aromatic rings. The van der Waals surface area contributed by atoms with Crippen LogP contribution in [0.5, 0.6) is 0 Å². The highest BCUT2D eigenvalue weighted by molar-refractivity contribution is 8.01. The summed E-state index contributed by atoms with van der Waals surface area (Å²) >= 11 is 1.64. The zero-order chi connectivity index (χ0) is 17.9. The first kappa shape index (κ1) is 16.6. The van der Waals surface area contributed by atoms with Gasteiger partial charge in [0.15, 0.2) is 0 Å². The Morgan fingerprint density at radius 2 is 2.28 bits per heavy atom. The van der Waals surface area contributed by atoms with Crippen molar-refractivity contribution in [1.82, 2.24) is 9.67 Å². The van der Waals surface area contributed by atoms with Crippen molar-refractivity contribution in [2.45, 2.75) is 56.0 Å². The van der Waals surface area contributed by atoms with Crippen LogP contribution in [-0.4, -0.2) is 54.6 Å². The smallest absolute Gasteiger partial charge is 0.350 e. The lowest BCUT2D eigenvalue weighted by atomic mass is 9.72. The highest BCUT2D eigenvalue weighted by atomic mass is 32.2. The summed E-state index contributed by atoms with van der Waals surface area (Å²) < 4.78 is 9.15. The lowest BCUT2D eigenvalue weighted by Gasteiger charge is -2.44. The molecule has 1 saturated heterocycles. The molecule has 1 fully saturated rings. The standard InChI is InChI=1S/C16H20N4O4S/c1-8-13(25-10-4-19-6-17-7-20(19)5-10)12(14(21)22)18-16(8,3)11-9(2)24-15(11)23/h6-11,13H,4-5H2,1-3H3/p+1/t8-,9+,11-,13?,16+/m0/s1. The monoisotopic (exact) mass is 365 g/mol. The van der Waals surface area contributed by atoms with Gasteiger partial charge in [0.1, 0.15) is 24.3 Å². The zero-order valence-electron chi connectivity index (χ0n) is 14.3. The Bertz CT molecular complexity index is 757. The van der Waals surface area contributed by atoms with E-state index in [9.17, 15) is 14.7 Å². The first-order valence-electron chi connectivity index (χ1n) is 8.40. The molecule has 4 rings (SSSR count). The number of hydrogen-bond acceptors (Lipinski definition) is 6. The number of nitrogens with zero attached hydrogens (tertiary/aromatic N) is 4. The first-order valence-corrected chi connectivity index (χ1v) is 9.34. The van der Waals surface area contributed by atoms with Crippen molar-refractivity contribution in [3.63, 3.8) is 0 Å². The van der Waals surface area contributed by atoms with Gasteiger partial charge in [-0.1, -0.05) is 6.92 Å². The third kappa shape index (κ3) is 2.39. The van der Waals surface area contributed by atoms with E-state index in [0.29, 0.717) is 0 Å². The van der Waals surface area contributed by atoms with Crippen molar-refractivity contribution in [2.24, 2.45) is 16.8 Å². The number of fused-ring (bicyclic) bond motifs is 1. The van der Waals surface area contributed by atoms with Gasteiger partial charge in [0, 0.05) is 0 Å². The summed E-state index contributed by atoms with van der Waals surface area (Å²) in [6.07, 6.45) is 3.33. The summed E-state index contributed by atoms with van der Waals surface area (Å²) in [5, 5.41) is 9.68. The number of carboxylic acid groups (broad SMARTS) is 1. The molecule has 3 aliphatic heterocycles. The predicted octanol–water partition coefficient (Wildman–Crippen LogP) is 0.150. The Balaban J connectivity index is 1.57. The van der Waals surface area contributed by atoms with E-state index in [0.717, 1.165) is 13.1 Å². The SMILES string of the molecule is C[C@H]1OC(=O)[C@H]1[C@]1(C)N=C(C(=O)O)C(SC2Cn3cnc[n+]3C2)[C@@H]1C. The van der Waals surface area contributed by atoms with Crippen LogP contribution in [-0.2, 0) is 27.4 Å². The maximum absolute atomic E-state index is 12.0. The number of aliphatic imine (C=N–C) groups is 1. The number of ether oxygens (including phenoxy) is 1. The number of aromatic nitrogens is 3. The second-order valence-electron chi connectivity index (χ2n) is 7.24. The van der Waals surface area contributed by atoms with Crippen LogP contribution in [0.15, 0.2) is 17.6 Å². The lowest BCUT2D eigenvalue weighted by Crippen LogP contribution is -2.57. The molecule has 1 aromatic heterocycles. The van der Waals surface area contributed by atoms with Crippen molar-refractivity contribution in [3.05, 3.63) is 12.7 Å². The van der Waals surface area contributed by atoms with Gasteiger partial charge in [0.2, 0.25) is 6.33 Å². The van der Waals surface area contributed by atoms with E-state index in [1.54, 1.807) is 24.4 Å². The molecule has 9 heteroatoms. The molecule has 134 valence electrons. The predicted molar refractivity (Wildman–Crippen MR) is 89.3 cm³/mol. The maximum atomic E-state index is 12.0. The summed E-state index contributed by atoms with van der Waals surface area (Å²) in [4.78, 5) is 32.4. The van der Waals surface area contributed by atoms with Crippen LogP contribution in [0.2, 0.25) is 0 Å². The Morgan fingerprint density at radius 3 is 2.88 bits per heavy atom. The fourth-order valence-electron chi connectivity index (χ4n) is 4.22. The zero-order valence-corrected chi connectivity index (χ0v) is 15.1. The van der Waals surface area contributed by atoms with E-state index in [-0.39, 0.29) is 40.1 Å². The fourth-order valence-corrected chi connectivity index (χ4v) is 5.91. The number of aliphatic carboxylic acids is 1. The molecular formula is C16H21N4O4S+. The number of thioether (sulfide) groups is 1. The minimum absolute atomic E-state index is 0.0630. The third-order valence-corrected chi connectivity index (χ3v) is 7.34. The number of hydrogen-bond donors (Lipinski definition) is 1. The molecule has 3 aliphatic rings. The van der Waals surface area contributed by atoms with Gasteiger partial charge in [-0.3, -0.25) is 9.79 Å². The van der Waals surface area contributed by atoms with Crippen LogP contribution in [0.25, 0.3) is 0 Å². The Morgan fingerprint density at radius 1 is 1.52 bits per heavy atom. The number of rotatable bonds is 4. The Hall–Kier alpha value is -1.90. The minimum Gasteiger partial charge on any atom is -0.477 e. The lowest BCUT2D eigenvalue weighted by molar-refractivity contribution is -0.758. The van der Waals surface area contributed by atoms with Crippen molar-refractivity contribution in [1.29, 1.82) is 0 Å². The van der Waals surface area contributed by atoms with Crippen LogP contribution in [0.3, 0.4) is 0 Å². The quantitative estimate of drug-likeness (QED) is 0.603. The summed E-state index contributed by atoms with van der Waals surface area (Å²) in [6.45, 7) is 7.31. The van der Waals surface area contributed by atoms with Gasteiger partial charge in [0.25, 0.3) is 0 Å². The van der Waals surface area contributed by atoms with Gasteiger partial charge in [0.05, 0.1) is 22.6 Å². The topological polar surface area (TPSA) is 97.7 Å². The molecular weight excluding hydrogens is 344 g/mol. The molecule has 5 atom stereocenters. The molecule has 25 heavy (non-hydrogen) atoms. The van der Waals surface area contributed by atoms with Gasteiger partial charge in [-0.25, -0.2) is 4.79 Å². The Labute approximate surface area is 149 Å². The van der Waals surface area contributed by atoms with Crippen molar-refractivity contribution >= 4 is 29.4 Å². The summed E-state index contributed by atoms with van der Waals surface area (Å²) in [6, 6.07) is 0. The molecule has 0 aliphatic carbocycles. The second-order valence-corrected chi connectivity index (χ2v) is 8.69. The van der Waals surface area contributed by atoms with Gasteiger partial charge in [-0.05, 0) is 24.7 Å². The highest BCUT2D eigenvalue weighted by Gasteiger charge is 2.60. The largest absolute Gasteiger partial charge is 0.477 e. The Kier molecular flexibility index (Phi) is 3.68. The van der Waals surface area contributed by atoms with E-state index < -0.39 is 11.5 Å². The van der Waals surface area contributed by atoms with Crippen molar-refractivity contribution in [3.8, 4) is 0 Å². The van der Waals surface area contributed by atoms with Crippen LogP contribution >= 0.6 is 11.8 Å². The molecule has 4 heterocycles. The number of carbonyl (C=O) groups excluding carboxylic acids is 1. The van der Waals surface area contributed by atoms with Crippen molar-refractivity contribution < 1.29 is 24.1 Å². The van der Waals surface area contributed by atoms with E-state index in [4.69, 9.17) is 4.74 Å². The van der Waals surface area contributed by atoms with Crippen molar-refractivity contribution in [2.75, 3.05) is 0 Å². The molecule has 0 aromatic carbocycles. The normalized spacial score (nSPS) is 39.6. The molecule has 1 N–H and O–H groups in total. The molecule has 0 spiro atoms. The molecule has 1 unspecified atom stereocenters. The number of esters is 1. The van der Waals surface area contributed by atoms with Crippen LogP contribution < -0.4 is 4.68 Å². The fraction of sp³-hybridized carbons (Fsp3) is 0.688. The highest BCUT2D eigenvalue weighted by Crippen LogP contribution is 2.48. The van der Waals surface area contributed by atoms with Gasteiger partial charge in [-0.2, -0.15) is 9.36 Å². The van der Waals surface area contributed by atoms with E-state index in [1.165, 1.54) is 0 Å². The summed E-state index contributed by atoms with van der Waals surface area (Å²) in [5.41, 5.74) is -0.561. The maximum Gasteiger partial charge on any atom is 0.350 e.